The van der Waals surface area contributed by atoms with Gasteiger partial charge in [-0.3, -0.25) is 4.79 Å². The van der Waals surface area contributed by atoms with Gasteiger partial charge < -0.3 is 15.2 Å². The quantitative estimate of drug-likeness (QED) is 0.295. The molecule has 0 aromatic carbocycles. The molecule has 15 heavy (non-hydrogen) atoms. The molecule has 0 unspecified atom stereocenters. The third-order valence-corrected chi connectivity index (χ3v) is 1.91. The maximum atomic E-state index is 11.5. The normalized spacial score (nSPS) is 10.7. The van der Waals surface area contributed by atoms with Gasteiger partial charge in [-0.15, -0.1) is 0 Å². The molecule has 0 N–H and O–H groups in total. The van der Waals surface area contributed by atoms with E-state index in [2.05, 4.69) is 4.79 Å². The maximum Gasteiger partial charge on any atom is 0.344 e. The smallest absolute Gasteiger partial charge is 0.344 e. The largest absolute Gasteiger partial charge is 0.380 e. The van der Waals surface area contributed by atoms with Crippen LogP contribution in [0.15, 0.2) is 0 Å². The monoisotopic (exact) mass is 213 g/mol. The molecule has 0 aliphatic carbocycles. The van der Waals surface area contributed by atoms with Crippen LogP contribution in [-0.2, 0) is 9.53 Å². The maximum absolute atomic E-state index is 11.5. The molecular weight excluding hydrogens is 194 g/mol. The lowest BCUT2D eigenvalue weighted by Crippen LogP contribution is -2.47. The van der Waals surface area contributed by atoms with Gasteiger partial charge in [0.2, 0.25) is 0 Å². The van der Waals surface area contributed by atoms with Crippen LogP contribution in [0.1, 0.15) is 27.7 Å². The number of nitrogens with zero attached hydrogens (tertiary/aromatic N) is 3. The Kier molecular flexibility index (Phi) is 5.82. The van der Waals surface area contributed by atoms with E-state index in [9.17, 15) is 4.79 Å². The van der Waals surface area contributed by atoms with Crippen LogP contribution >= 0.6 is 0 Å². The fraction of sp³-hybridized carbons (Fsp3) is 0.800. The second-order valence-electron chi connectivity index (χ2n) is 4.10. The van der Waals surface area contributed by atoms with E-state index >= 15 is 0 Å². The Labute approximate surface area is 90.6 Å². The zero-order valence-electron chi connectivity index (χ0n) is 9.86. The van der Waals surface area contributed by atoms with Gasteiger partial charge in [-0.2, -0.15) is 4.79 Å². The minimum atomic E-state index is -0.315. The number of carbonyl (C=O) groups is 1. The molecule has 0 saturated carbocycles. The SMILES string of the molecule is CCOCCN(C(=O)C=[N+]=[N-])C(C)(C)C. The fourth-order valence-corrected chi connectivity index (χ4v) is 1.20. The van der Waals surface area contributed by atoms with Crippen molar-refractivity contribution in [1.29, 1.82) is 0 Å². The van der Waals surface area contributed by atoms with Gasteiger partial charge in [0.25, 0.3) is 0 Å². The lowest BCUT2D eigenvalue weighted by atomic mass is 10.1. The van der Waals surface area contributed by atoms with Gasteiger partial charge in [-0.1, -0.05) is 0 Å². The molecule has 0 spiro atoms. The van der Waals surface area contributed by atoms with E-state index in [4.69, 9.17) is 10.3 Å². The predicted molar refractivity (Wildman–Crippen MR) is 57.6 cm³/mol. The first kappa shape index (κ1) is 13.8. The first-order chi connectivity index (χ1) is 6.93. The molecular formula is C10H19N3O2. The van der Waals surface area contributed by atoms with Crippen molar-refractivity contribution in [2.24, 2.45) is 0 Å². The predicted octanol–water partition coefficient (Wildman–Crippen LogP) is 0.951. The second kappa shape index (κ2) is 6.32. The van der Waals surface area contributed by atoms with E-state index in [-0.39, 0.29) is 11.4 Å². The Morgan fingerprint density at radius 1 is 1.53 bits per heavy atom. The number of hydrogen-bond donors (Lipinski definition) is 0. The van der Waals surface area contributed by atoms with Crippen LogP contribution in [0, 0.1) is 0 Å². The molecule has 0 saturated heterocycles. The molecule has 0 aromatic heterocycles. The van der Waals surface area contributed by atoms with Crippen molar-refractivity contribution in [3.63, 3.8) is 0 Å². The molecule has 0 rings (SSSR count). The van der Waals surface area contributed by atoms with Crippen molar-refractivity contribution in [2.45, 2.75) is 33.2 Å². The van der Waals surface area contributed by atoms with Crippen LogP contribution < -0.4 is 0 Å². The second-order valence-corrected chi connectivity index (χ2v) is 4.10. The molecule has 0 aliphatic rings. The average Bonchev–Trinajstić information content (AvgIpc) is 2.10. The highest BCUT2D eigenvalue weighted by Crippen LogP contribution is 2.12. The minimum absolute atomic E-state index is 0.310. The van der Waals surface area contributed by atoms with Gasteiger partial charge in [0.15, 0.2) is 0 Å². The highest BCUT2D eigenvalue weighted by molar-refractivity contribution is 6.24. The van der Waals surface area contributed by atoms with E-state index in [1.165, 1.54) is 0 Å². The lowest BCUT2D eigenvalue weighted by molar-refractivity contribution is -0.132. The Bertz CT molecular complexity index is 252. The third-order valence-electron chi connectivity index (χ3n) is 1.91. The summed E-state index contributed by atoms with van der Waals surface area (Å²) < 4.78 is 5.19. The van der Waals surface area contributed by atoms with E-state index < -0.39 is 0 Å². The Hall–Kier alpha value is -1.19. The zero-order valence-corrected chi connectivity index (χ0v) is 9.86. The van der Waals surface area contributed by atoms with Crippen LogP contribution in [0.25, 0.3) is 5.53 Å². The summed E-state index contributed by atoms with van der Waals surface area (Å²) in [6, 6.07) is 0. The molecule has 0 bridgehead atoms. The van der Waals surface area contributed by atoms with Gasteiger partial charge in [-0.25, -0.2) is 0 Å². The molecule has 1 amide bonds. The lowest BCUT2D eigenvalue weighted by Gasteiger charge is -2.33. The van der Waals surface area contributed by atoms with Crippen LogP contribution in [0.3, 0.4) is 0 Å². The summed E-state index contributed by atoms with van der Waals surface area (Å²) in [5, 5.41) is 0. The summed E-state index contributed by atoms with van der Waals surface area (Å²) in [6.45, 7) is 9.26. The molecule has 0 fully saturated rings. The van der Waals surface area contributed by atoms with Crippen molar-refractivity contribution in [2.75, 3.05) is 19.8 Å². The Morgan fingerprint density at radius 3 is 2.53 bits per heavy atom. The molecule has 5 nitrogen and oxygen atoms in total. The van der Waals surface area contributed by atoms with Gasteiger partial charge in [0.05, 0.1) is 6.61 Å². The Balaban J connectivity index is 4.45. The van der Waals surface area contributed by atoms with Crippen LogP contribution in [0.5, 0.6) is 0 Å². The topological polar surface area (TPSA) is 65.9 Å². The van der Waals surface area contributed by atoms with E-state index in [1.807, 2.05) is 27.7 Å². The van der Waals surface area contributed by atoms with Crippen LogP contribution in [0.2, 0.25) is 0 Å². The standard InChI is InChI=1S/C10H19N3O2/c1-5-15-7-6-13(10(2,3)4)9(14)8-12-11/h8H,5-7H2,1-4H3. The van der Waals surface area contributed by atoms with Crippen LogP contribution in [-0.4, -0.2) is 47.1 Å². The first-order valence-corrected chi connectivity index (χ1v) is 5.00. The summed E-state index contributed by atoms with van der Waals surface area (Å²) in [4.78, 5) is 15.9. The number of ether oxygens (including phenoxy) is 1. The van der Waals surface area contributed by atoms with Crippen molar-refractivity contribution in [1.82, 2.24) is 4.90 Å². The third kappa shape index (κ3) is 5.30. The Morgan fingerprint density at radius 2 is 2.13 bits per heavy atom. The fourth-order valence-electron chi connectivity index (χ4n) is 1.20. The van der Waals surface area contributed by atoms with Gasteiger partial charge in [0, 0.05) is 18.7 Å². The van der Waals surface area contributed by atoms with Gasteiger partial charge >= 0.3 is 12.1 Å². The molecule has 86 valence electrons. The van der Waals surface area contributed by atoms with Gasteiger partial charge in [0.1, 0.15) is 0 Å². The zero-order chi connectivity index (χ0) is 11.9. The molecule has 0 atom stereocenters. The highest BCUT2D eigenvalue weighted by atomic mass is 16.5. The summed E-state index contributed by atoms with van der Waals surface area (Å²) in [7, 11) is 0. The summed E-state index contributed by atoms with van der Waals surface area (Å²) in [6.07, 6.45) is 0.900. The number of hydrogen-bond acceptors (Lipinski definition) is 2. The molecule has 5 heteroatoms. The number of amides is 1. The minimum Gasteiger partial charge on any atom is -0.380 e. The summed E-state index contributed by atoms with van der Waals surface area (Å²) in [5.74, 6) is -0.315. The van der Waals surface area contributed by atoms with E-state index in [1.54, 1.807) is 4.90 Å². The number of carbonyl (C=O) groups excluding carboxylic acids is 1. The molecule has 0 radical (unpaired) electrons. The van der Waals surface area contributed by atoms with Crippen molar-refractivity contribution in [3.8, 4) is 0 Å². The van der Waals surface area contributed by atoms with Crippen molar-refractivity contribution < 1.29 is 14.3 Å². The van der Waals surface area contributed by atoms with E-state index in [0.717, 1.165) is 6.21 Å². The number of rotatable bonds is 5. The van der Waals surface area contributed by atoms with Gasteiger partial charge in [-0.05, 0) is 27.7 Å². The molecule has 0 aromatic rings. The average molecular weight is 213 g/mol. The van der Waals surface area contributed by atoms with Crippen molar-refractivity contribution >= 4 is 12.1 Å². The van der Waals surface area contributed by atoms with Crippen molar-refractivity contribution in [3.05, 3.63) is 5.53 Å². The molecule has 0 heterocycles. The van der Waals surface area contributed by atoms with E-state index in [0.29, 0.717) is 19.8 Å². The van der Waals surface area contributed by atoms with Crippen LogP contribution in [0.4, 0.5) is 0 Å². The summed E-state index contributed by atoms with van der Waals surface area (Å²) >= 11 is 0. The first-order valence-electron chi connectivity index (χ1n) is 5.00. The highest BCUT2D eigenvalue weighted by Gasteiger charge is 2.26. The molecule has 0 aliphatic heterocycles. The summed E-state index contributed by atoms with van der Waals surface area (Å²) in [5.41, 5.74) is 8.00.